The van der Waals surface area contributed by atoms with Gasteiger partial charge in [-0.15, -0.1) is 0 Å². The van der Waals surface area contributed by atoms with E-state index in [0.29, 0.717) is 0 Å². The zero-order valence-electron chi connectivity index (χ0n) is 11.7. The van der Waals surface area contributed by atoms with Crippen LogP contribution in [0.2, 0.25) is 0 Å². The number of carbonyl (C=O) groups is 1. The van der Waals surface area contributed by atoms with Crippen molar-refractivity contribution in [3.8, 4) is 0 Å². The minimum Gasteiger partial charge on any atom is -0.481 e. The highest BCUT2D eigenvalue weighted by atomic mass is 32.2. The van der Waals surface area contributed by atoms with Crippen LogP contribution in [0.5, 0.6) is 0 Å². The van der Waals surface area contributed by atoms with Gasteiger partial charge < -0.3 is 5.11 Å². The Kier molecular flexibility index (Phi) is 5.95. The van der Waals surface area contributed by atoms with Crippen LogP contribution >= 0.6 is 0 Å². The molecule has 0 aliphatic carbocycles. The number of carboxylic acid groups (broad SMARTS) is 1. The first-order valence-corrected chi connectivity index (χ1v) is 7.85. The van der Waals surface area contributed by atoms with E-state index in [1.807, 2.05) is 4.72 Å². The number of sulfonamides is 1. The minimum absolute atomic E-state index is 0.141. The highest BCUT2D eigenvalue weighted by molar-refractivity contribution is 7.89. The van der Waals surface area contributed by atoms with Gasteiger partial charge in [0.1, 0.15) is 0 Å². The van der Waals surface area contributed by atoms with E-state index in [9.17, 15) is 26.4 Å². The van der Waals surface area contributed by atoms with Gasteiger partial charge in [-0.05, 0) is 25.5 Å². The van der Waals surface area contributed by atoms with Crippen LogP contribution < -0.4 is 4.72 Å². The molecule has 0 saturated carbocycles. The third kappa shape index (κ3) is 5.64. The van der Waals surface area contributed by atoms with Crippen molar-refractivity contribution in [1.29, 1.82) is 0 Å². The number of halogens is 3. The molecule has 0 aliphatic heterocycles. The molecule has 2 N–H and O–H groups in total. The molecule has 0 saturated heterocycles. The molecule has 0 radical (unpaired) electrons. The second-order valence-corrected chi connectivity index (χ2v) is 6.60. The first-order valence-electron chi connectivity index (χ1n) is 6.37. The Balaban J connectivity index is 2.78. The minimum atomic E-state index is -4.68. The summed E-state index contributed by atoms with van der Waals surface area (Å²) >= 11 is 0. The largest absolute Gasteiger partial charge is 0.481 e. The highest BCUT2D eigenvalue weighted by Gasteiger charge is 2.40. The third-order valence-electron chi connectivity index (χ3n) is 3.02. The molecule has 9 heteroatoms. The van der Waals surface area contributed by atoms with Crippen LogP contribution in [0, 0.1) is 12.8 Å². The van der Waals surface area contributed by atoms with Gasteiger partial charge in [0.2, 0.25) is 10.0 Å². The summed E-state index contributed by atoms with van der Waals surface area (Å²) in [5.41, 5.74) is 0.813. The first-order chi connectivity index (χ1) is 10.0. The fraction of sp³-hybridized carbons (Fsp3) is 0.462. The van der Waals surface area contributed by atoms with Gasteiger partial charge in [0.05, 0.1) is 10.8 Å². The summed E-state index contributed by atoms with van der Waals surface area (Å²) < 4.78 is 64.0. The monoisotopic (exact) mass is 339 g/mol. The Bertz CT molecular complexity index is 611. The van der Waals surface area contributed by atoms with Gasteiger partial charge in [0.25, 0.3) is 0 Å². The molecule has 0 bridgehead atoms. The summed E-state index contributed by atoms with van der Waals surface area (Å²) in [6.07, 6.45) is -6.04. The van der Waals surface area contributed by atoms with Crippen LogP contribution in [0.3, 0.4) is 0 Å². The van der Waals surface area contributed by atoms with Gasteiger partial charge in [-0.3, -0.25) is 4.79 Å². The number of hydrogen-bond donors (Lipinski definition) is 2. The smallest absolute Gasteiger partial charge is 0.393 e. The molecule has 1 rings (SSSR count). The van der Waals surface area contributed by atoms with Crippen LogP contribution in [-0.2, 0) is 14.8 Å². The molecule has 0 aliphatic rings. The summed E-state index contributed by atoms with van der Waals surface area (Å²) in [5.74, 6) is -3.42. The molecule has 0 amide bonds. The molecule has 0 fully saturated rings. The number of carboxylic acids is 1. The standard InChI is InChI=1S/C13H16F3NO4S/c1-9-2-5-11(6-3-9)22(20,21)17-8-10(13(14,15)16)4-7-12(18)19/h2-3,5-6,10,17H,4,7-8H2,1H3,(H,18,19)/t10-/m0/s1. The van der Waals surface area contributed by atoms with Crippen LogP contribution in [0.1, 0.15) is 18.4 Å². The lowest BCUT2D eigenvalue weighted by atomic mass is 10.0. The molecule has 1 aromatic carbocycles. The number of nitrogens with one attached hydrogen (secondary N) is 1. The Morgan fingerprint density at radius 3 is 2.27 bits per heavy atom. The van der Waals surface area contributed by atoms with Crippen molar-refractivity contribution in [2.45, 2.75) is 30.8 Å². The summed E-state index contributed by atoms with van der Waals surface area (Å²) in [4.78, 5) is 10.2. The SMILES string of the molecule is Cc1ccc(S(=O)(=O)NC[C@H](CCC(=O)O)C(F)(F)F)cc1. The molecular weight excluding hydrogens is 323 g/mol. The third-order valence-corrected chi connectivity index (χ3v) is 4.46. The van der Waals surface area contributed by atoms with Gasteiger partial charge in [0.15, 0.2) is 0 Å². The molecule has 0 aromatic heterocycles. The van der Waals surface area contributed by atoms with Crippen molar-refractivity contribution in [1.82, 2.24) is 4.72 Å². The highest BCUT2D eigenvalue weighted by Crippen LogP contribution is 2.29. The van der Waals surface area contributed by atoms with Gasteiger partial charge in [-0.25, -0.2) is 13.1 Å². The van der Waals surface area contributed by atoms with Crippen LogP contribution in [0.25, 0.3) is 0 Å². The van der Waals surface area contributed by atoms with E-state index in [4.69, 9.17) is 5.11 Å². The summed E-state index contributed by atoms with van der Waals surface area (Å²) in [7, 11) is -4.07. The number of aliphatic carboxylic acids is 1. The summed E-state index contributed by atoms with van der Waals surface area (Å²) in [6, 6.07) is 5.63. The van der Waals surface area contributed by atoms with Crippen molar-refractivity contribution in [2.75, 3.05) is 6.54 Å². The fourth-order valence-electron chi connectivity index (χ4n) is 1.69. The second-order valence-electron chi connectivity index (χ2n) is 4.84. The summed E-state index contributed by atoms with van der Waals surface area (Å²) in [6.45, 7) is 0.850. The fourth-order valence-corrected chi connectivity index (χ4v) is 2.77. The molecule has 124 valence electrons. The maximum atomic E-state index is 12.8. The summed E-state index contributed by atoms with van der Waals surface area (Å²) in [5, 5.41) is 8.45. The maximum absolute atomic E-state index is 12.8. The predicted octanol–water partition coefficient (Wildman–Crippen LogP) is 2.32. The average molecular weight is 339 g/mol. The van der Waals surface area contributed by atoms with Crippen molar-refractivity contribution in [3.05, 3.63) is 29.8 Å². The zero-order valence-corrected chi connectivity index (χ0v) is 12.5. The van der Waals surface area contributed by atoms with Gasteiger partial charge in [-0.1, -0.05) is 17.7 Å². The van der Waals surface area contributed by atoms with E-state index in [-0.39, 0.29) is 4.90 Å². The van der Waals surface area contributed by atoms with E-state index in [1.54, 1.807) is 6.92 Å². The predicted molar refractivity (Wildman–Crippen MR) is 72.8 cm³/mol. The zero-order chi connectivity index (χ0) is 17.0. The van der Waals surface area contributed by atoms with Gasteiger partial charge in [0, 0.05) is 13.0 Å². The molecule has 0 unspecified atom stereocenters. The van der Waals surface area contributed by atoms with Crippen LogP contribution in [0.4, 0.5) is 13.2 Å². The topological polar surface area (TPSA) is 83.5 Å². The quantitative estimate of drug-likeness (QED) is 0.798. The van der Waals surface area contributed by atoms with E-state index in [1.165, 1.54) is 24.3 Å². The Morgan fingerprint density at radius 1 is 1.27 bits per heavy atom. The van der Waals surface area contributed by atoms with Gasteiger partial charge >= 0.3 is 12.1 Å². The molecule has 1 atom stereocenters. The number of aryl methyl sites for hydroxylation is 1. The molecule has 0 spiro atoms. The van der Waals surface area contributed by atoms with Crippen molar-refractivity contribution in [2.24, 2.45) is 5.92 Å². The lowest BCUT2D eigenvalue weighted by Gasteiger charge is -2.20. The first kappa shape index (κ1) is 18.4. The molecule has 5 nitrogen and oxygen atoms in total. The normalized spacial score (nSPS) is 13.8. The van der Waals surface area contributed by atoms with Crippen molar-refractivity contribution >= 4 is 16.0 Å². The van der Waals surface area contributed by atoms with Crippen molar-refractivity contribution in [3.63, 3.8) is 0 Å². The van der Waals surface area contributed by atoms with Crippen LogP contribution in [0.15, 0.2) is 29.2 Å². The van der Waals surface area contributed by atoms with E-state index < -0.39 is 47.5 Å². The Hall–Kier alpha value is -1.61. The number of rotatable bonds is 7. The Morgan fingerprint density at radius 2 is 1.82 bits per heavy atom. The maximum Gasteiger partial charge on any atom is 0.393 e. The number of alkyl halides is 3. The lowest BCUT2D eigenvalue weighted by Crippen LogP contribution is -2.36. The lowest BCUT2D eigenvalue weighted by molar-refractivity contribution is -0.175. The molecule has 22 heavy (non-hydrogen) atoms. The number of hydrogen-bond acceptors (Lipinski definition) is 3. The van der Waals surface area contributed by atoms with Gasteiger partial charge in [-0.2, -0.15) is 13.2 Å². The van der Waals surface area contributed by atoms with E-state index >= 15 is 0 Å². The van der Waals surface area contributed by atoms with Crippen molar-refractivity contribution < 1.29 is 31.5 Å². The Labute approximate surface area is 126 Å². The molecular formula is C13H16F3NO4S. The average Bonchev–Trinajstić information content (AvgIpc) is 2.37. The van der Waals surface area contributed by atoms with E-state index in [2.05, 4.69) is 0 Å². The molecule has 1 aromatic rings. The van der Waals surface area contributed by atoms with E-state index in [0.717, 1.165) is 5.56 Å². The second kappa shape index (κ2) is 7.10. The molecule has 0 heterocycles. The number of benzene rings is 1. The van der Waals surface area contributed by atoms with Crippen LogP contribution in [-0.4, -0.2) is 32.2 Å².